The Balaban J connectivity index is 1.99. The van der Waals surface area contributed by atoms with Crippen molar-refractivity contribution in [2.24, 2.45) is 0 Å². The second-order valence-corrected chi connectivity index (χ2v) is 4.73. The fourth-order valence-electron chi connectivity index (χ4n) is 1.51. The molecule has 1 heterocycles. The van der Waals surface area contributed by atoms with Crippen LogP contribution in [-0.4, -0.2) is 15.7 Å². The van der Waals surface area contributed by atoms with Gasteiger partial charge in [-0.1, -0.05) is 15.9 Å². The van der Waals surface area contributed by atoms with Crippen molar-refractivity contribution >= 4 is 27.5 Å². The maximum absolute atomic E-state index is 13.5. The number of benzene rings is 1. The molecule has 4 nitrogen and oxygen atoms in total. The molecule has 0 saturated carbocycles. The summed E-state index contributed by atoms with van der Waals surface area (Å²) in [6.45, 7) is 0.346. The second-order valence-electron chi connectivity index (χ2n) is 3.81. The first kappa shape index (κ1) is 13.7. The largest absolute Gasteiger partial charge is 0.321 e. The Labute approximate surface area is 116 Å². The van der Waals surface area contributed by atoms with Crippen molar-refractivity contribution in [1.82, 2.24) is 9.78 Å². The van der Waals surface area contributed by atoms with Crippen molar-refractivity contribution in [2.45, 2.75) is 13.0 Å². The second kappa shape index (κ2) is 5.92. The maximum atomic E-state index is 13.5. The molecule has 0 radical (unpaired) electrons. The molecule has 1 N–H and O–H groups in total. The van der Waals surface area contributed by atoms with Crippen LogP contribution in [-0.2, 0) is 11.3 Å². The molecular weight excluding hydrogens is 320 g/mol. The van der Waals surface area contributed by atoms with E-state index in [0.717, 1.165) is 12.1 Å². The van der Waals surface area contributed by atoms with Gasteiger partial charge in [0, 0.05) is 29.8 Å². The van der Waals surface area contributed by atoms with Gasteiger partial charge in [0.05, 0.1) is 0 Å². The third-order valence-electron chi connectivity index (χ3n) is 2.40. The first-order valence-electron chi connectivity index (χ1n) is 5.48. The molecule has 1 amide bonds. The van der Waals surface area contributed by atoms with Crippen LogP contribution < -0.4 is 5.32 Å². The highest BCUT2D eigenvalue weighted by molar-refractivity contribution is 9.10. The van der Waals surface area contributed by atoms with Crippen LogP contribution in [0.5, 0.6) is 0 Å². The lowest BCUT2D eigenvalue weighted by Crippen LogP contribution is -2.16. The Morgan fingerprint density at radius 1 is 1.37 bits per heavy atom. The minimum Gasteiger partial charge on any atom is -0.321 e. The van der Waals surface area contributed by atoms with Crippen LogP contribution in [0.1, 0.15) is 6.42 Å². The summed E-state index contributed by atoms with van der Waals surface area (Å²) in [6, 6.07) is 3.91. The number of carbonyl (C=O) groups is 1. The maximum Gasteiger partial charge on any atom is 0.226 e. The van der Waals surface area contributed by atoms with Crippen LogP contribution in [0.15, 0.2) is 35.1 Å². The summed E-state index contributed by atoms with van der Waals surface area (Å²) in [7, 11) is 0. The van der Waals surface area contributed by atoms with Crippen LogP contribution in [0.2, 0.25) is 0 Å². The number of nitrogens with zero attached hydrogens (tertiary/aromatic N) is 2. The smallest absolute Gasteiger partial charge is 0.226 e. The molecule has 0 fully saturated rings. The summed E-state index contributed by atoms with van der Waals surface area (Å²) >= 11 is 2.97. The zero-order chi connectivity index (χ0) is 13.8. The van der Waals surface area contributed by atoms with Gasteiger partial charge in [-0.15, -0.1) is 0 Å². The Hall–Kier alpha value is -1.76. The zero-order valence-electron chi connectivity index (χ0n) is 9.74. The molecule has 2 rings (SSSR count). The Morgan fingerprint density at radius 3 is 2.63 bits per heavy atom. The van der Waals surface area contributed by atoms with E-state index in [9.17, 15) is 13.6 Å². The molecule has 0 unspecified atom stereocenters. The van der Waals surface area contributed by atoms with Gasteiger partial charge in [0.25, 0.3) is 0 Å². The standard InChI is InChI=1S/C12H10BrF2N3O/c13-8-6-9(14)12(10(15)7-8)17-11(19)2-5-18-4-1-3-16-18/h1,3-4,6-7H,2,5H2,(H,17,19). The predicted octanol–water partition coefficient (Wildman–Crippen LogP) is 2.95. The van der Waals surface area contributed by atoms with Gasteiger partial charge < -0.3 is 5.32 Å². The number of halogens is 3. The highest BCUT2D eigenvalue weighted by Crippen LogP contribution is 2.23. The van der Waals surface area contributed by atoms with Gasteiger partial charge in [0.15, 0.2) is 11.6 Å². The van der Waals surface area contributed by atoms with Gasteiger partial charge in [0.2, 0.25) is 5.91 Å². The fraction of sp³-hybridized carbons (Fsp3) is 0.167. The van der Waals surface area contributed by atoms with Crippen molar-refractivity contribution in [3.63, 3.8) is 0 Å². The Bertz CT molecular complexity index is 564. The summed E-state index contributed by atoms with van der Waals surface area (Å²) < 4.78 is 28.8. The minimum absolute atomic E-state index is 0.0800. The number of aromatic nitrogens is 2. The number of nitrogens with one attached hydrogen (secondary N) is 1. The van der Waals surface area contributed by atoms with E-state index in [-0.39, 0.29) is 10.9 Å². The normalized spacial score (nSPS) is 10.5. The lowest BCUT2D eigenvalue weighted by atomic mass is 10.2. The van der Waals surface area contributed by atoms with Crippen molar-refractivity contribution in [1.29, 1.82) is 0 Å². The molecule has 0 aliphatic rings. The molecule has 1 aromatic carbocycles. The Kier molecular flexibility index (Phi) is 4.26. The van der Waals surface area contributed by atoms with Crippen molar-refractivity contribution < 1.29 is 13.6 Å². The molecule has 100 valence electrons. The van der Waals surface area contributed by atoms with Gasteiger partial charge in [0.1, 0.15) is 5.69 Å². The topological polar surface area (TPSA) is 46.9 Å². The van der Waals surface area contributed by atoms with E-state index in [1.807, 2.05) is 0 Å². The van der Waals surface area contributed by atoms with Crippen molar-refractivity contribution in [3.8, 4) is 0 Å². The van der Waals surface area contributed by atoms with Crippen molar-refractivity contribution in [3.05, 3.63) is 46.7 Å². The number of hydrogen-bond acceptors (Lipinski definition) is 2. The fourth-order valence-corrected chi connectivity index (χ4v) is 1.91. The molecule has 0 bridgehead atoms. The molecular formula is C12H10BrF2N3O. The molecule has 1 aromatic heterocycles. The van der Waals surface area contributed by atoms with Gasteiger partial charge in [-0.25, -0.2) is 8.78 Å². The molecule has 0 aliphatic heterocycles. The monoisotopic (exact) mass is 329 g/mol. The first-order valence-corrected chi connectivity index (χ1v) is 6.27. The molecule has 19 heavy (non-hydrogen) atoms. The summed E-state index contributed by atoms with van der Waals surface area (Å²) in [5.74, 6) is -2.12. The third kappa shape index (κ3) is 3.60. The van der Waals surface area contributed by atoms with Crippen LogP contribution in [0.4, 0.5) is 14.5 Å². The summed E-state index contributed by atoms with van der Waals surface area (Å²) in [6.07, 6.45) is 3.37. The lowest BCUT2D eigenvalue weighted by Gasteiger charge is -2.08. The molecule has 0 saturated heterocycles. The summed E-state index contributed by atoms with van der Waals surface area (Å²) in [5, 5.41) is 6.14. The van der Waals surface area contributed by atoms with E-state index in [4.69, 9.17) is 0 Å². The number of carbonyl (C=O) groups excluding carboxylic acids is 1. The van der Waals surface area contributed by atoms with E-state index in [1.54, 1.807) is 23.1 Å². The Morgan fingerprint density at radius 2 is 2.05 bits per heavy atom. The number of amides is 1. The highest BCUT2D eigenvalue weighted by Gasteiger charge is 2.13. The van der Waals surface area contributed by atoms with Crippen LogP contribution in [0, 0.1) is 11.6 Å². The van der Waals surface area contributed by atoms with Crippen molar-refractivity contribution in [2.75, 3.05) is 5.32 Å². The average molecular weight is 330 g/mol. The van der Waals surface area contributed by atoms with E-state index >= 15 is 0 Å². The number of anilines is 1. The van der Waals surface area contributed by atoms with Gasteiger partial charge in [-0.3, -0.25) is 9.48 Å². The quantitative estimate of drug-likeness (QED) is 0.937. The van der Waals surface area contributed by atoms with E-state index < -0.39 is 23.2 Å². The minimum atomic E-state index is -0.820. The summed E-state index contributed by atoms with van der Waals surface area (Å²) in [5.41, 5.74) is -0.436. The molecule has 0 spiro atoms. The predicted molar refractivity (Wildman–Crippen MR) is 69.5 cm³/mol. The number of rotatable bonds is 4. The van der Waals surface area contributed by atoms with Gasteiger partial charge in [-0.2, -0.15) is 5.10 Å². The molecule has 0 atom stereocenters. The summed E-state index contributed by atoms with van der Waals surface area (Å²) in [4.78, 5) is 11.6. The van der Waals surface area contributed by atoms with Gasteiger partial charge in [-0.05, 0) is 18.2 Å². The van der Waals surface area contributed by atoms with Gasteiger partial charge >= 0.3 is 0 Å². The van der Waals surface area contributed by atoms with Crippen LogP contribution in [0.3, 0.4) is 0 Å². The molecule has 7 heteroatoms. The van der Waals surface area contributed by atoms with Crippen LogP contribution >= 0.6 is 15.9 Å². The van der Waals surface area contributed by atoms with E-state index in [2.05, 4.69) is 26.3 Å². The third-order valence-corrected chi connectivity index (χ3v) is 2.86. The lowest BCUT2D eigenvalue weighted by molar-refractivity contribution is -0.116. The highest BCUT2D eigenvalue weighted by atomic mass is 79.9. The zero-order valence-corrected chi connectivity index (χ0v) is 11.3. The SMILES string of the molecule is O=C(CCn1cccn1)Nc1c(F)cc(Br)cc1F. The number of hydrogen-bond donors (Lipinski definition) is 1. The molecule has 2 aromatic rings. The molecule has 0 aliphatic carbocycles. The van der Waals surface area contributed by atoms with E-state index in [1.165, 1.54) is 0 Å². The van der Waals surface area contributed by atoms with Crippen LogP contribution in [0.25, 0.3) is 0 Å². The first-order chi connectivity index (χ1) is 9.06. The van der Waals surface area contributed by atoms with E-state index in [0.29, 0.717) is 6.54 Å². The average Bonchev–Trinajstić information content (AvgIpc) is 2.84. The number of aryl methyl sites for hydroxylation is 1.